The third-order valence-electron chi connectivity index (χ3n) is 8.21. The van der Waals surface area contributed by atoms with E-state index in [4.69, 9.17) is 9.05 Å². The third-order valence-corrected chi connectivity index (χ3v) is 9.17. The molecule has 1 unspecified atom stereocenters. The molecule has 5 atom stereocenters. The molecule has 0 aromatic heterocycles. The summed E-state index contributed by atoms with van der Waals surface area (Å²) in [4.78, 5) is 25.2. The molecule has 10 nitrogen and oxygen atoms in total. The number of carbonyl (C=O) groups is 1. The number of hydrogen-bond acceptors (Lipinski definition) is 8. The molecule has 1 amide bonds. The van der Waals surface area contributed by atoms with Crippen molar-refractivity contribution in [2.24, 2.45) is 0 Å². The zero-order chi connectivity index (χ0) is 41.0. The summed E-state index contributed by atoms with van der Waals surface area (Å²) in [5.74, 6) is -0.342. The second kappa shape index (κ2) is 34.6. The average molecular weight is 791 g/mol. The first-order valence-electron chi connectivity index (χ1n) is 20.3. The summed E-state index contributed by atoms with van der Waals surface area (Å²) in [6, 6.07) is -0.985. The summed E-state index contributed by atoms with van der Waals surface area (Å²) >= 11 is 0. The largest absolute Gasteiger partial charge is 0.756 e. The van der Waals surface area contributed by atoms with Crippen molar-refractivity contribution >= 4 is 13.7 Å². The highest BCUT2D eigenvalue weighted by Gasteiger charge is 2.23. The molecule has 0 spiro atoms. The van der Waals surface area contributed by atoms with Gasteiger partial charge in [0.05, 0.1) is 52.1 Å². The fourth-order valence-electron chi connectivity index (χ4n) is 4.89. The molecule has 0 aromatic rings. The van der Waals surface area contributed by atoms with Crippen molar-refractivity contribution in [3.05, 3.63) is 97.2 Å². The molecule has 0 fully saturated rings. The molecule has 0 aliphatic rings. The minimum atomic E-state index is -4.64. The van der Waals surface area contributed by atoms with E-state index in [1.54, 1.807) is 42.5 Å². The van der Waals surface area contributed by atoms with E-state index in [0.717, 1.165) is 19.3 Å². The Hall–Kier alpha value is -2.66. The lowest BCUT2D eigenvalue weighted by molar-refractivity contribution is -0.870. The van der Waals surface area contributed by atoms with Crippen LogP contribution in [0.1, 0.15) is 110 Å². The first kappa shape index (κ1) is 52.3. The normalized spacial score (nSPS) is 16.6. The number of quaternary nitrogens is 1. The van der Waals surface area contributed by atoms with Gasteiger partial charge in [0.15, 0.2) is 0 Å². The predicted octanol–water partition coefficient (Wildman–Crippen LogP) is 8.10. The second-order valence-electron chi connectivity index (χ2n) is 14.6. The van der Waals surface area contributed by atoms with Crippen molar-refractivity contribution in [2.75, 3.05) is 40.9 Å². The molecule has 0 saturated carbocycles. The van der Waals surface area contributed by atoms with Gasteiger partial charge in [-0.1, -0.05) is 143 Å². The minimum absolute atomic E-state index is 0.0457. The van der Waals surface area contributed by atoms with Crippen LogP contribution >= 0.6 is 7.82 Å². The summed E-state index contributed by atoms with van der Waals surface area (Å²) in [6.45, 7) is 4.22. The smallest absolute Gasteiger partial charge is 0.268 e. The van der Waals surface area contributed by atoms with Crippen LogP contribution in [0.25, 0.3) is 0 Å². The van der Waals surface area contributed by atoms with Gasteiger partial charge in [-0.3, -0.25) is 9.36 Å². The van der Waals surface area contributed by atoms with Gasteiger partial charge < -0.3 is 39.1 Å². The zero-order valence-corrected chi connectivity index (χ0v) is 35.4. The molecule has 0 aliphatic heterocycles. The van der Waals surface area contributed by atoms with Crippen LogP contribution < -0.4 is 10.2 Å². The van der Waals surface area contributed by atoms with E-state index in [9.17, 15) is 29.6 Å². The van der Waals surface area contributed by atoms with Crippen molar-refractivity contribution in [3.63, 3.8) is 0 Å². The summed E-state index contributed by atoms with van der Waals surface area (Å²) < 4.78 is 23.0. The van der Waals surface area contributed by atoms with Gasteiger partial charge in [-0.15, -0.1) is 0 Å². The second-order valence-corrected chi connectivity index (χ2v) is 16.1. The maximum absolute atomic E-state index is 12.8. The lowest BCUT2D eigenvalue weighted by Gasteiger charge is -2.29. The average Bonchev–Trinajstić information content (AvgIpc) is 3.12. The van der Waals surface area contributed by atoms with Crippen LogP contribution in [0.15, 0.2) is 97.2 Å². The van der Waals surface area contributed by atoms with Crippen LogP contribution in [-0.2, 0) is 18.4 Å². The van der Waals surface area contributed by atoms with E-state index in [1.807, 2.05) is 63.7 Å². The summed E-state index contributed by atoms with van der Waals surface area (Å²) in [5, 5.41) is 33.6. The molecule has 11 heteroatoms. The van der Waals surface area contributed by atoms with Crippen molar-refractivity contribution in [1.29, 1.82) is 0 Å². The highest BCUT2D eigenvalue weighted by Crippen LogP contribution is 2.38. The lowest BCUT2D eigenvalue weighted by atomic mass is 10.1. The molecule has 4 N–H and O–H groups in total. The fourth-order valence-corrected chi connectivity index (χ4v) is 5.61. The van der Waals surface area contributed by atoms with Gasteiger partial charge in [0, 0.05) is 6.42 Å². The number of carbonyl (C=O) groups excluding carboxylic acids is 1. The molecule has 0 saturated heterocycles. The number of phosphoric acid groups is 1. The van der Waals surface area contributed by atoms with E-state index < -0.39 is 38.8 Å². The number of allylic oxidation sites excluding steroid dienone is 11. The van der Waals surface area contributed by atoms with Crippen molar-refractivity contribution in [2.45, 2.75) is 135 Å². The standard InChI is InChI=1S/C44H75N2O8P/c1-6-8-10-11-12-13-14-15-16-17-21-29-35-43(49)42(39-54-55(51,52)53-38-37-46(3,4)5)45-44(50)36-30-22-19-18-20-26-32-41(48)34-28-24-23-27-33-40(47)31-25-9-7-2/h9,15-16,19-20,22-29,33-35,40-43,47-49H,6-8,10-14,17-18,21,30-32,36-39H2,1-5H3,(H-,45,50,51,52)/b16-15-,22-19-,24-23-,25-9-,26-20-,33-27+,34-28+,35-29+/t40-,41+,42-,43+/m0/s1. The Balaban J connectivity index is 4.80. The van der Waals surface area contributed by atoms with E-state index in [-0.39, 0.29) is 18.9 Å². The minimum Gasteiger partial charge on any atom is -0.756 e. The molecular weight excluding hydrogens is 715 g/mol. The topological polar surface area (TPSA) is 148 Å². The molecule has 314 valence electrons. The Labute approximate surface area is 334 Å². The van der Waals surface area contributed by atoms with Crippen LogP contribution in [0.2, 0.25) is 0 Å². The number of aliphatic hydroxyl groups excluding tert-OH is 3. The number of aliphatic hydroxyl groups is 3. The number of likely N-dealkylation sites (N-methyl/N-ethyl adjacent to an activating group) is 1. The quantitative estimate of drug-likeness (QED) is 0.0168. The Morgan fingerprint density at radius 2 is 1.29 bits per heavy atom. The SMILES string of the molecule is CC/C=C\C[C@H](O)/C=C/C=C\C=C\[C@H](O)C/C=C\C/C=C\CCC(=O)N[C@@H](COP(=O)([O-])OCC[N+](C)(C)C)[C@H](O)/C=C/CC/C=C\CCCCCCCC. The number of nitrogens with zero attached hydrogens (tertiary/aromatic N) is 1. The molecule has 0 rings (SSSR count). The number of rotatable bonds is 34. The maximum Gasteiger partial charge on any atom is 0.268 e. The number of hydrogen-bond donors (Lipinski definition) is 4. The molecule has 55 heavy (non-hydrogen) atoms. The fraction of sp³-hybridized carbons (Fsp3) is 0.614. The summed E-state index contributed by atoms with van der Waals surface area (Å²) in [7, 11) is 1.11. The number of nitrogens with one attached hydrogen (secondary N) is 1. The first-order valence-corrected chi connectivity index (χ1v) is 21.8. The van der Waals surface area contributed by atoms with Crippen molar-refractivity contribution < 1.29 is 43.1 Å². The molecule has 0 bridgehead atoms. The van der Waals surface area contributed by atoms with Gasteiger partial charge in [0.25, 0.3) is 7.82 Å². The molecule has 0 heterocycles. The number of unbranched alkanes of at least 4 members (excludes halogenated alkanes) is 7. The van der Waals surface area contributed by atoms with Gasteiger partial charge in [-0.25, -0.2) is 0 Å². The molecule has 0 aliphatic carbocycles. The molecule has 0 aromatic carbocycles. The monoisotopic (exact) mass is 791 g/mol. The molecule has 0 radical (unpaired) electrons. The van der Waals surface area contributed by atoms with E-state index >= 15 is 0 Å². The van der Waals surface area contributed by atoms with Gasteiger partial charge in [-0.2, -0.15) is 0 Å². The number of amides is 1. The van der Waals surface area contributed by atoms with Gasteiger partial charge in [-0.05, 0) is 57.8 Å². The highest BCUT2D eigenvalue weighted by atomic mass is 31.2. The lowest BCUT2D eigenvalue weighted by Crippen LogP contribution is -2.45. The first-order chi connectivity index (χ1) is 26.3. The summed E-state index contributed by atoms with van der Waals surface area (Å²) in [6.07, 6.45) is 41.1. The third kappa shape index (κ3) is 36.7. The molecular formula is C44H75N2O8P. The zero-order valence-electron chi connectivity index (χ0n) is 34.6. The van der Waals surface area contributed by atoms with Crippen LogP contribution in [-0.4, -0.2) is 91.0 Å². The van der Waals surface area contributed by atoms with Gasteiger partial charge in [0.2, 0.25) is 5.91 Å². The van der Waals surface area contributed by atoms with E-state index in [2.05, 4.69) is 31.3 Å². The Bertz CT molecular complexity index is 1250. The van der Waals surface area contributed by atoms with Gasteiger partial charge >= 0.3 is 0 Å². The summed E-state index contributed by atoms with van der Waals surface area (Å²) in [5.41, 5.74) is 0. The Morgan fingerprint density at radius 3 is 1.95 bits per heavy atom. The van der Waals surface area contributed by atoms with Gasteiger partial charge in [0.1, 0.15) is 13.2 Å². The van der Waals surface area contributed by atoms with Crippen molar-refractivity contribution in [1.82, 2.24) is 5.32 Å². The van der Waals surface area contributed by atoms with Crippen LogP contribution in [0.3, 0.4) is 0 Å². The predicted molar refractivity (Wildman–Crippen MR) is 226 cm³/mol. The van der Waals surface area contributed by atoms with Crippen LogP contribution in [0, 0.1) is 0 Å². The van der Waals surface area contributed by atoms with E-state index in [0.29, 0.717) is 43.1 Å². The highest BCUT2D eigenvalue weighted by molar-refractivity contribution is 7.45. The van der Waals surface area contributed by atoms with Crippen LogP contribution in [0.4, 0.5) is 0 Å². The Morgan fingerprint density at radius 1 is 0.709 bits per heavy atom. The number of phosphoric ester groups is 1. The van der Waals surface area contributed by atoms with E-state index in [1.165, 1.54) is 38.5 Å². The van der Waals surface area contributed by atoms with Crippen molar-refractivity contribution in [3.8, 4) is 0 Å². The van der Waals surface area contributed by atoms with Crippen LogP contribution in [0.5, 0.6) is 0 Å². The Kier molecular flexibility index (Phi) is 32.9. The maximum atomic E-state index is 12.8.